The first-order valence-electron chi connectivity index (χ1n) is 8.35. The van der Waals surface area contributed by atoms with Crippen LogP contribution < -0.4 is 4.74 Å². The monoisotopic (exact) mass is 341 g/mol. The maximum atomic E-state index is 6.17. The summed E-state index contributed by atoms with van der Waals surface area (Å²) in [7, 11) is 0. The fourth-order valence-corrected chi connectivity index (χ4v) is 3.65. The van der Waals surface area contributed by atoms with Crippen LogP contribution in [0, 0.1) is 0 Å². The zero-order valence-corrected chi connectivity index (χ0v) is 14.6. The van der Waals surface area contributed by atoms with Crippen LogP contribution in [0.3, 0.4) is 0 Å². The highest BCUT2D eigenvalue weighted by atomic mass is 35.5. The van der Waals surface area contributed by atoms with E-state index in [2.05, 4.69) is 40.5 Å². The van der Waals surface area contributed by atoms with Crippen molar-refractivity contribution in [3.63, 3.8) is 0 Å². The Bertz CT molecular complexity index is 887. The lowest BCUT2D eigenvalue weighted by Gasteiger charge is -2.17. The molecular formula is C19H20ClN3O. The van der Waals surface area contributed by atoms with Crippen LogP contribution in [0.4, 0.5) is 0 Å². The first-order chi connectivity index (χ1) is 11.6. The number of imidazole rings is 1. The van der Waals surface area contributed by atoms with E-state index in [9.17, 15) is 0 Å². The minimum atomic E-state index is 0.350. The molecule has 1 aliphatic heterocycles. The van der Waals surface area contributed by atoms with Gasteiger partial charge < -0.3 is 9.30 Å². The molecule has 0 amide bonds. The Morgan fingerprint density at radius 3 is 3.00 bits per heavy atom. The van der Waals surface area contributed by atoms with Gasteiger partial charge in [0.1, 0.15) is 17.5 Å². The van der Waals surface area contributed by atoms with Crippen LogP contribution >= 0.6 is 11.6 Å². The van der Waals surface area contributed by atoms with Crippen LogP contribution in [0.2, 0.25) is 5.15 Å². The summed E-state index contributed by atoms with van der Waals surface area (Å²) < 4.78 is 8.39. The van der Waals surface area contributed by atoms with Crippen molar-refractivity contribution in [1.82, 2.24) is 14.5 Å². The van der Waals surface area contributed by atoms with Gasteiger partial charge in [-0.25, -0.2) is 9.97 Å². The first kappa shape index (κ1) is 15.5. The summed E-state index contributed by atoms with van der Waals surface area (Å²) in [6, 6.07) is 6.47. The second-order valence-electron chi connectivity index (χ2n) is 6.66. The highest BCUT2D eigenvalue weighted by Gasteiger charge is 2.22. The number of halogens is 1. The standard InChI is InChI=1S/C19H20ClN3O/c1-12(2)15-5-6-18(17-9-22-19(20)7-16(15)17)24-10-14-4-3-13-8-21-11-23(13)14/h5-9,11-12,14H,3-4,10H2,1-2H3. The summed E-state index contributed by atoms with van der Waals surface area (Å²) in [4.78, 5) is 8.47. The Morgan fingerprint density at radius 2 is 2.17 bits per heavy atom. The quantitative estimate of drug-likeness (QED) is 0.641. The van der Waals surface area contributed by atoms with Crippen molar-refractivity contribution in [3.05, 3.63) is 53.3 Å². The Morgan fingerprint density at radius 1 is 1.29 bits per heavy atom. The average Bonchev–Trinajstić information content (AvgIpc) is 3.15. The van der Waals surface area contributed by atoms with Gasteiger partial charge in [0.05, 0.1) is 12.4 Å². The summed E-state index contributed by atoms with van der Waals surface area (Å²) in [6.07, 6.45) is 7.83. The topological polar surface area (TPSA) is 39.9 Å². The Kier molecular flexibility index (Phi) is 3.93. The largest absolute Gasteiger partial charge is 0.491 e. The molecule has 0 aliphatic carbocycles. The number of rotatable bonds is 4. The molecule has 1 aliphatic rings. The summed E-state index contributed by atoms with van der Waals surface area (Å²) in [6.45, 7) is 5.01. The fourth-order valence-electron chi connectivity index (χ4n) is 3.50. The van der Waals surface area contributed by atoms with Crippen LogP contribution in [0.15, 0.2) is 36.9 Å². The average molecular weight is 342 g/mol. The first-order valence-corrected chi connectivity index (χ1v) is 8.73. The molecule has 2 aromatic heterocycles. The summed E-state index contributed by atoms with van der Waals surface area (Å²) >= 11 is 6.11. The van der Waals surface area contributed by atoms with Crippen molar-refractivity contribution in [1.29, 1.82) is 0 Å². The van der Waals surface area contributed by atoms with Gasteiger partial charge in [-0.1, -0.05) is 31.5 Å². The zero-order chi connectivity index (χ0) is 16.7. The third kappa shape index (κ3) is 2.65. The van der Waals surface area contributed by atoms with E-state index in [4.69, 9.17) is 16.3 Å². The molecule has 5 heteroatoms. The van der Waals surface area contributed by atoms with Gasteiger partial charge in [0.15, 0.2) is 0 Å². The number of fused-ring (bicyclic) bond motifs is 2. The molecule has 4 rings (SSSR count). The van der Waals surface area contributed by atoms with Crippen molar-refractivity contribution in [2.24, 2.45) is 0 Å². The minimum Gasteiger partial charge on any atom is -0.491 e. The van der Waals surface area contributed by atoms with Gasteiger partial charge in [0.25, 0.3) is 0 Å². The van der Waals surface area contributed by atoms with Crippen molar-refractivity contribution in [2.45, 2.75) is 38.6 Å². The number of benzene rings is 1. The summed E-state index contributed by atoms with van der Waals surface area (Å²) in [5, 5.41) is 2.66. The number of hydrogen-bond donors (Lipinski definition) is 0. The molecule has 0 fully saturated rings. The molecule has 1 unspecified atom stereocenters. The Labute approximate surface area is 146 Å². The molecule has 24 heavy (non-hydrogen) atoms. The second kappa shape index (κ2) is 6.10. The van der Waals surface area contributed by atoms with E-state index in [-0.39, 0.29) is 0 Å². The van der Waals surface area contributed by atoms with Gasteiger partial charge in [-0.3, -0.25) is 0 Å². The summed E-state index contributed by atoms with van der Waals surface area (Å²) in [5.41, 5.74) is 2.55. The van der Waals surface area contributed by atoms with Crippen molar-refractivity contribution in [2.75, 3.05) is 6.61 Å². The van der Waals surface area contributed by atoms with Crippen molar-refractivity contribution < 1.29 is 4.74 Å². The van der Waals surface area contributed by atoms with E-state index in [1.54, 1.807) is 0 Å². The fraction of sp³-hybridized carbons (Fsp3) is 0.368. The number of nitrogens with zero attached hydrogens (tertiary/aromatic N) is 3. The lowest BCUT2D eigenvalue weighted by Crippen LogP contribution is -2.13. The maximum absolute atomic E-state index is 6.17. The van der Waals surface area contributed by atoms with Gasteiger partial charge in [0, 0.05) is 23.5 Å². The van der Waals surface area contributed by atoms with E-state index in [0.717, 1.165) is 29.4 Å². The van der Waals surface area contributed by atoms with Crippen LogP contribution in [0.5, 0.6) is 5.75 Å². The van der Waals surface area contributed by atoms with E-state index in [1.165, 1.54) is 11.3 Å². The smallest absolute Gasteiger partial charge is 0.129 e. The van der Waals surface area contributed by atoms with Crippen LogP contribution in [0.1, 0.15) is 43.5 Å². The molecular weight excluding hydrogens is 322 g/mol. The Balaban J connectivity index is 1.64. The Hall–Kier alpha value is -2.07. The van der Waals surface area contributed by atoms with Gasteiger partial charge in [-0.05, 0) is 41.8 Å². The van der Waals surface area contributed by atoms with Crippen molar-refractivity contribution >= 4 is 22.4 Å². The molecule has 1 atom stereocenters. The second-order valence-corrected chi connectivity index (χ2v) is 7.04. The van der Waals surface area contributed by atoms with E-state index >= 15 is 0 Å². The van der Waals surface area contributed by atoms with Gasteiger partial charge in [-0.2, -0.15) is 0 Å². The van der Waals surface area contributed by atoms with Crippen molar-refractivity contribution in [3.8, 4) is 5.75 Å². The molecule has 0 N–H and O–H groups in total. The molecule has 0 bridgehead atoms. The molecule has 124 valence electrons. The zero-order valence-electron chi connectivity index (χ0n) is 13.9. The molecule has 3 heterocycles. The number of ether oxygens (including phenoxy) is 1. The molecule has 3 aromatic rings. The molecule has 0 radical (unpaired) electrons. The summed E-state index contributed by atoms with van der Waals surface area (Å²) in [5.74, 6) is 1.29. The number of aryl methyl sites for hydroxylation is 1. The predicted molar refractivity (Wildman–Crippen MR) is 95.9 cm³/mol. The van der Waals surface area contributed by atoms with E-state index in [0.29, 0.717) is 23.7 Å². The van der Waals surface area contributed by atoms with E-state index < -0.39 is 0 Å². The molecule has 1 aromatic carbocycles. The number of aromatic nitrogens is 3. The number of pyridine rings is 1. The van der Waals surface area contributed by atoms with Gasteiger partial charge in [-0.15, -0.1) is 0 Å². The lowest BCUT2D eigenvalue weighted by molar-refractivity contribution is 0.257. The van der Waals surface area contributed by atoms with E-state index in [1.807, 2.05) is 24.8 Å². The molecule has 0 spiro atoms. The third-order valence-corrected chi connectivity index (χ3v) is 4.99. The number of hydrogen-bond acceptors (Lipinski definition) is 3. The molecule has 0 saturated heterocycles. The maximum Gasteiger partial charge on any atom is 0.129 e. The third-order valence-electron chi connectivity index (χ3n) is 4.79. The predicted octanol–water partition coefficient (Wildman–Crippen LogP) is 4.77. The SMILES string of the molecule is CC(C)c1ccc(OCC2CCc3cncn32)c2cnc(Cl)cc12. The molecule has 4 nitrogen and oxygen atoms in total. The lowest BCUT2D eigenvalue weighted by atomic mass is 9.97. The van der Waals surface area contributed by atoms with Gasteiger partial charge >= 0.3 is 0 Å². The highest BCUT2D eigenvalue weighted by Crippen LogP contribution is 2.34. The highest BCUT2D eigenvalue weighted by molar-refractivity contribution is 6.30. The minimum absolute atomic E-state index is 0.350. The van der Waals surface area contributed by atoms with Gasteiger partial charge in [0.2, 0.25) is 0 Å². The van der Waals surface area contributed by atoms with Crippen LogP contribution in [-0.2, 0) is 6.42 Å². The van der Waals surface area contributed by atoms with Crippen LogP contribution in [0.25, 0.3) is 10.8 Å². The normalized spacial score (nSPS) is 16.8. The van der Waals surface area contributed by atoms with Crippen LogP contribution in [-0.4, -0.2) is 21.1 Å². The molecule has 0 saturated carbocycles.